The fraction of sp³-hybridized carbons (Fsp3) is 0.435. The first-order chi connectivity index (χ1) is 14.5. The lowest BCUT2D eigenvalue weighted by Crippen LogP contribution is -2.36. The monoisotopic (exact) mass is 433 g/mol. The molecule has 1 atom stereocenters. The third-order valence-electron chi connectivity index (χ3n) is 4.66. The standard InChI is InChI=1S/C23H32NO5P/c1-5-20(24-23(25)27-6-2)17-19-14-13-18-11-9-10-12-21(18)22(19)15-16-30(26,28-7-3)29-8-4/h9-16,20H,5-8,17H2,1-4H3,(H,24,25). The SMILES string of the molecule is CCOC(=O)NC(CC)Cc1ccc2ccccc2c1C=CP(=O)(OCC)OCC. The summed E-state index contributed by atoms with van der Waals surface area (Å²) < 4.78 is 28.7. The van der Waals surface area contributed by atoms with E-state index in [1.807, 2.05) is 43.3 Å². The Hall–Kier alpha value is -2.14. The molecular weight excluding hydrogens is 401 g/mol. The third kappa shape index (κ3) is 6.69. The highest BCUT2D eigenvalue weighted by Crippen LogP contribution is 2.50. The van der Waals surface area contributed by atoms with Crippen molar-refractivity contribution in [2.75, 3.05) is 19.8 Å². The van der Waals surface area contributed by atoms with Crippen molar-refractivity contribution in [2.45, 2.75) is 46.6 Å². The van der Waals surface area contributed by atoms with Crippen molar-refractivity contribution in [1.29, 1.82) is 0 Å². The Morgan fingerprint density at radius 2 is 1.73 bits per heavy atom. The summed E-state index contributed by atoms with van der Waals surface area (Å²) in [5, 5.41) is 5.03. The minimum Gasteiger partial charge on any atom is -0.450 e. The fourth-order valence-corrected chi connectivity index (χ4v) is 4.57. The molecule has 1 unspecified atom stereocenters. The van der Waals surface area contributed by atoms with E-state index in [9.17, 15) is 9.36 Å². The zero-order valence-electron chi connectivity index (χ0n) is 18.2. The van der Waals surface area contributed by atoms with E-state index in [4.69, 9.17) is 13.8 Å². The molecule has 0 aliphatic rings. The van der Waals surface area contributed by atoms with Crippen LogP contribution in [-0.4, -0.2) is 32.0 Å². The Bertz CT molecular complexity index is 902. The highest BCUT2D eigenvalue weighted by atomic mass is 31.2. The van der Waals surface area contributed by atoms with Crippen LogP contribution in [0.4, 0.5) is 4.79 Å². The predicted octanol–water partition coefficient (Wildman–Crippen LogP) is 6.14. The molecule has 164 valence electrons. The molecule has 2 aromatic carbocycles. The van der Waals surface area contributed by atoms with Crippen LogP contribution in [0, 0.1) is 0 Å². The van der Waals surface area contributed by atoms with Crippen LogP contribution in [0.25, 0.3) is 16.8 Å². The second-order valence-corrected chi connectivity index (χ2v) is 8.62. The number of amides is 1. The number of benzene rings is 2. The van der Waals surface area contributed by atoms with Gasteiger partial charge in [0, 0.05) is 11.9 Å². The number of rotatable bonds is 11. The van der Waals surface area contributed by atoms with Crippen LogP contribution < -0.4 is 5.32 Å². The van der Waals surface area contributed by atoms with E-state index in [0.717, 1.165) is 28.3 Å². The van der Waals surface area contributed by atoms with Crippen molar-refractivity contribution in [3.05, 3.63) is 53.3 Å². The zero-order valence-corrected chi connectivity index (χ0v) is 19.1. The van der Waals surface area contributed by atoms with Crippen LogP contribution in [-0.2, 0) is 24.8 Å². The highest BCUT2D eigenvalue weighted by molar-refractivity contribution is 7.57. The number of carbonyl (C=O) groups is 1. The number of carbonyl (C=O) groups excluding carboxylic acids is 1. The lowest BCUT2D eigenvalue weighted by molar-refractivity contribution is 0.147. The van der Waals surface area contributed by atoms with Crippen molar-refractivity contribution >= 4 is 30.5 Å². The van der Waals surface area contributed by atoms with Crippen molar-refractivity contribution < 1.29 is 23.1 Å². The van der Waals surface area contributed by atoms with E-state index in [1.54, 1.807) is 20.8 Å². The smallest absolute Gasteiger partial charge is 0.407 e. The number of nitrogens with one attached hydrogen (secondary N) is 1. The number of ether oxygens (including phenoxy) is 1. The van der Waals surface area contributed by atoms with Gasteiger partial charge in [-0.2, -0.15) is 0 Å². The normalized spacial score (nSPS) is 12.9. The van der Waals surface area contributed by atoms with Gasteiger partial charge in [-0.1, -0.05) is 43.3 Å². The van der Waals surface area contributed by atoms with E-state index < -0.39 is 13.7 Å². The molecule has 6 nitrogen and oxygen atoms in total. The topological polar surface area (TPSA) is 73.9 Å². The third-order valence-corrected chi connectivity index (χ3v) is 6.41. The molecule has 0 fully saturated rings. The summed E-state index contributed by atoms with van der Waals surface area (Å²) in [6.07, 6.45) is 2.78. The molecule has 0 saturated carbocycles. The molecule has 0 radical (unpaired) electrons. The van der Waals surface area contributed by atoms with Crippen LogP contribution in [0.1, 0.15) is 45.2 Å². The lowest BCUT2D eigenvalue weighted by Gasteiger charge is -2.19. The van der Waals surface area contributed by atoms with Gasteiger partial charge in [0.1, 0.15) is 0 Å². The minimum atomic E-state index is -3.33. The Kier molecular flexibility index (Phi) is 9.57. The molecule has 1 amide bonds. The fourth-order valence-electron chi connectivity index (χ4n) is 3.27. The average Bonchev–Trinajstić information content (AvgIpc) is 2.72. The summed E-state index contributed by atoms with van der Waals surface area (Å²) in [5.41, 5.74) is 1.98. The second kappa shape index (κ2) is 11.9. The van der Waals surface area contributed by atoms with E-state index in [-0.39, 0.29) is 6.04 Å². The molecule has 0 aromatic heterocycles. The average molecular weight is 433 g/mol. The largest absolute Gasteiger partial charge is 0.450 e. The highest BCUT2D eigenvalue weighted by Gasteiger charge is 2.20. The molecule has 0 aliphatic heterocycles. The summed E-state index contributed by atoms with van der Waals surface area (Å²) in [7, 11) is -3.33. The molecule has 30 heavy (non-hydrogen) atoms. The van der Waals surface area contributed by atoms with Crippen LogP contribution in [0.15, 0.2) is 42.2 Å². The first-order valence-electron chi connectivity index (χ1n) is 10.5. The van der Waals surface area contributed by atoms with Crippen LogP contribution in [0.2, 0.25) is 0 Å². The van der Waals surface area contributed by atoms with E-state index >= 15 is 0 Å². The van der Waals surface area contributed by atoms with Gasteiger partial charge in [0.2, 0.25) is 0 Å². The number of alkyl carbamates (subject to hydrolysis) is 1. The molecule has 2 rings (SSSR count). The van der Waals surface area contributed by atoms with E-state index in [2.05, 4.69) is 11.4 Å². The van der Waals surface area contributed by atoms with Crippen molar-refractivity contribution in [2.24, 2.45) is 0 Å². The van der Waals surface area contributed by atoms with Gasteiger partial charge in [0.25, 0.3) is 0 Å². The molecule has 0 saturated heterocycles. The molecule has 1 N–H and O–H groups in total. The van der Waals surface area contributed by atoms with Gasteiger partial charge in [-0.3, -0.25) is 4.57 Å². The molecule has 0 bridgehead atoms. The summed E-state index contributed by atoms with van der Waals surface area (Å²) in [6, 6.07) is 12.1. The molecular formula is C23H32NO5P. The Labute approximate surface area is 179 Å². The summed E-state index contributed by atoms with van der Waals surface area (Å²) in [6.45, 7) is 8.30. The van der Waals surface area contributed by atoms with Gasteiger partial charge in [-0.15, -0.1) is 0 Å². The van der Waals surface area contributed by atoms with Crippen molar-refractivity contribution in [3.8, 4) is 0 Å². The van der Waals surface area contributed by atoms with Gasteiger partial charge >= 0.3 is 13.7 Å². The molecule has 2 aromatic rings. The summed E-state index contributed by atoms with van der Waals surface area (Å²) >= 11 is 0. The maximum atomic E-state index is 12.9. The van der Waals surface area contributed by atoms with Gasteiger partial charge in [-0.05, 0) is 61.6 Å². The number of hydrogen-bond acceptors (Lipinski definition) is 5. The van der Waals surface area contributed by atoms with E-state index in [1.165, 1.54) is 5.82 Å². The minimum absolute atomic E-state index is 0.0806. The van der Waals surface area contributed by atoms with Gasteiger partial charge in [0.05, 0.1) is 19.8 Å². The second-order valence-electron chi connectivity index (χ2n) is 6.72. The van der Waals surface area contributed by atoms with Crippen molar-refractivity contribution in [3.63, 3.8) is 0 Å². The van der Waals surface area contributed by atoms with Gasteiger partial charge in [-0.25, -0.2) is 4.79 Å². The van der Waals surface area contributed by atoms with Gasteiger partial charge < -0.3 is 19.1 Å². The summed E-state index contributed by atoms with van der Waals surface area (Å²) in [4.78, 5) is 11.9. The van der Waals surface area contributed by atoms with Crippen LogP contribution in [0.3, 0.4) is 0 Å². The molecule has 0 spiro atoms. The predicted molar refractivity (Wildman–Crippen MR) is 122 cm³/mol. The number of fused-ring (bicyclic) bond motifs is 1. The Morgan fingerprint density at radius 3 is 2.37 bits per heavy atom. The zero-order chi connectivity index (χ0) is 22.0. The number of hydrogen-bond donors (Lipinski definition) is 1. The Morgan fingerprint density at radius 1 is 1.03 bits per heavy atom. The maximum absolute atomic E-state index is 12.9. The van der Waals surface area contributed by atoms with Crippen LogP contribution >= 0.6 is 7.60 Å². The lowest BCUT2D eigenvalue weighted by atomic mass is 9.94. The van der Waals surface area contributed by atoms with Crippen molar-refractivity contribution in [1.82, 2.24) is 5.32 Å². The summed E-state index contributed by atoms with van der Waals surface area (Å²) in [5.74, 6) is 1.53. The van der Waals surface area contributed by atoms with E-state index in [0.29, 0.717) is 26.2 Å². The quantitative estimate of drug-likeness (QED) is 0.431. The molecule has 0 aliphatic carbocycles. The van der Waals surface area contributed by atoms with Gasteiger partial charge in [0.15, 0.2) is 0 Å². The first kappa shape index (κ1) is 24.1. The first-order valence-corrected chi connectivity index (χ1v) is 12.1. The maximum Gasteiger partial charge on any atom is 0.407 e. The van der Waals surface area contributed by atoms with Crippen LogP contribution in [0.5, 0.6) is 0 Å². The Balaban J connectivity index is 2.43. The molecule has 0 heterocycles. The molecule has 7 heteroatoms.